The van der Waals surface area contributed by atoms with Gasteiger partial charge in [-0.1, -0.05) is 39.7 Å². The van der Waals surface area contributed by atoms with Gasteiger partial charge in [0.25, 0.3) is 5.91 Å². The molecule has 4 nitrogen and oxygen atoms in total. The van der Waals surface area contributed by atoms with E-state index in [0.717, 1.165) is 43.6 Å². The zero-order valence-corrected chi connectivity index (χ0v) is 17.9. The van der Waals surface area contributed by atoms with Crippen molar-refractivity contribution in [2.24, 2.45) is 0 Å². The van der Waals surface area contributed by atoms with Gasteiger partial charge in [0.1, 0.15) is 0 Å². The Kier molecular flexibility index (Phi) is 7.16. The van der Waals surface area contributed by atoms with Gasteiger partial charge in [-0.25, -0.2) is 0 Å². The van der Waals surface area contributed by atoms with E-state index in [2.05, 4.69) is 62.2 Å². The van der Waals surface area contributed by atoms with Crippen LogP contribution in [-0.4, -0.2) is 50.1 Å². The molecule has 3 rings (SSSR count). The second-order valence-corrected chi connectivity index (χ2v) is 8.22. The number of hydrogen-bond acceptors (Lipinski definition) is 3. The van der Waals surface area contributed by atoms with Crippen LogP contribution in [0, 0.1) is 6.92 Å². The Morgan fingerprint density at radius 2 is 1.93 bits per heavy atom. The summed E-state index contributed by atoms with van der Waals surface area (Å²) < 4.78 is 0.869. The third-order valence-corrected chi connectivity index (χ3v) is 5.66. The van der Waals surface area contributed by atoms with E-state index in [1.165, 1.54) is 11.3 Å². The number of nitrogens with one attached hydrogen (secondary N) is 1. The molecular formula is C21H25BrClN3O. The van der Waals surface area contributed by atoms with Crippen LogP contribution in [0.3, 0.4) is 0 Å². The Bertz CT molecular complexity index is 791. The minimum Gasteiger partial charge on any atom is -0.369 e. The predicted octanol–water partition coefficient (Wildman–Crippen LogP) is 4.35. The number of rotatable bonds is 6. The molecule has 1 saturated heterocycles. The number of hydrogen-bond donors (Lipinski definition) is 1. The number of benzene rings is 2. The second kappa shape index (κ2) is 9.58. The summed E-state index contributed by atoms with van der Waals surface area (Å²) in [5.41, 5.74) is 3.14. The Morgan fingerprint density at radius 3 is 2.63 bits per heavy atom. The highest BCUT2D eigenvalue weighted by molar-refractivity contribution is 9.10. The first-order valence-electron chi connectivity index (χ1n) is 9.30. The van der Waals surface area contributed by atoms with Crippen molar-refractivity contribution >= 4 is 39.1 Å². The molecule has 1 aliphatic heterocycles. The molecule has 144 valence electrons. The first-order valence-corrected chi connectivity index (χ1v) is 10.5. The van der Waals surface area contributed by atoms with E-state index in [4.69, 9.17) is 11.6 Å². The Balaban J connectivity index is 1.37. The van der Waals surface area contributed by atoms with Gasteiger partial charge >= 0.3 is 0 Å². The van der Waals surface area contributed by atoms with Crippen molar-refractivity contribution < 1.29 is 4.79 Å². The van der Waals surface area contributed by atoms with E-state index < -0.39 is 0 Å². The van der Waals surface area contributed by atoms with Gasteiger partial charge in [-0.15, -0.1) is 0 Å². The van der Waals surface area contributed by atoms with Crippen molar-refractivity contribution in [1.29, 1.82) is 0 Å². The second-order valence-electron chi connectivity index (χ2n) is 6.90. The summed E-state index contributed by atoms with van der Waals surface area (Å²) in [6.07, 6.45) is 0.935. The van der Waals surface area contributed by atoms with Crippen LogP contribution in [0.25, 0.3) is 0 Å². The molecule has 1 aliphatic rings. The molecule has 1 amide bonds. The number of anilines is 1. The number of carbonyl (C=O) groups excluding carboxylic acids is 1. The fourth-order valence-electron chi connectivity index (χ4n) is 3.33. The van der Waals surface area contributed by atoms with Crippen molar-refractivity contribution in [2.75, 3.05) is 44.2 Å². The van der Waals surface area contributed by atoms with E-state index in [0.29, 0.717) is 17.1 Å². The normalized spacial score (nSPS) is 15.0. The van der Waals surface area contributed by atoms with Gasteiger partial charge in [0.15, 0.2) is 0 Å². The summed E-state index contributed by atoms with van der Waals surface area (Å²) >= 11 is 9.48. The minimum atomic E-state index is -0.114. The Labute approximate surface area is 174 Å². The molecule has 0 aliphatic carbocycles. The Hall–Kier alpha value is -1.56. The summed E-state index contributed by atoms with van der Waals surface area (Å²) in [7, 11) is 0. The minimum absolute atomic E-state index is 0.114. The lowest BCUT2D eigenvalue weighted by Crippen LogP contribution is -2.47. The number of nitrogens with zero attached hydrogens (tertiary/aromatic N) is 2. The summed E-state index contributed by atoms with van der Waals surface area (Å²) in [6, 6.07) is 14.0. The smallest absolute Gasteiger partial charge is 0.252 e. The van der Waals surface area contributed by atoms with Gasteiger partial charge in [-0.3, -0.25) is 9.69 Å². The molecule has 0 atom stereocenters. The largest absolute Gasteiger partial charge is 0.369 e. The third kappa shape index (κ3) is 5.71. The van der Waals surface area contributed by atoms with E-state index in [9.17, 15) is 4.79 Å². The number of amides is 1. The molecule has 0 spiro atoms. The molecule has 1 fully saturated rings. The number of aryl methyl sites for hydroxylation is 1. The van der Waals surface area contributed by atoms with Crippen LogP contribution in [0.1, 0.15) is 22.3 Å². The third-order valence-electron chi connectivity index (χ3n) is 4.85. The average Bonchev–Trinajstić information content (AvgIpc) is 2.65. The molecule has 27 heavy (non-hydrogen) atoms. The van der Waals surface area contributed by atoms with Gasteiger partial charge in [0, 0.05) is 42.9 Å². The van der Waals surface area contributed by atoms with Crippen LogP contribution in [-0.2, 0) is 0 Å². The molecule has 0 aromatic heterocycles. The molecule has 0 saturated carbocycles. The SMILES string of the molecule is Cc1cccc(N2CCN(CCCNC(=O)c3ccc(Br)cc3Cl)CC2)c1. The maximum absolute atomic E-state index is 12.2. The van der Waals surface area contributed by atoms with E-state index in [1.54, 1.807) is 12.1 Å². The monoisotopic (exact) mass is 449 g/mol. The summed E-state index contributed by atoms with van der Waals surface area (Å²) in [5.74, 6) is -0.114. The predicted molar refractivity (Wildman–Crippen MR) is 116 cm³/mol. The number of carbonyl (C=O) groups is 1. The summed E-state index contributed by atoms with van der Waals surface area (Å²) in [4.78, 5) is 17.1. The van der Waals surface area contributed by atoms with Crippen molar-refractivity contribution in [3.05, 3.63) is 63.1 Å². The molecular weight excluding hydrogens is 426 g/mol. The molecule has 0 unspecified atom stereocenters. The van der Waals surface area contributed by atoms with Gasteiger partial charge in [-0.2, -0.15) is 0 Å². The highest BCUT2D eigenvalue weighted by Gasteiger charge is 2.17. The molecule has 2 aromatic carbocycles. The lowest BCUT2D eigenvalue weighted by Gasteiger charge is -2.36. The summed E-state index contributed by atoms with van der Waals surface area (Å²) in [5, 5.41) is 3.43. The van der Waals surface area contributed by atoms with Gasteiger partial charge < -0.3 is 10.2 Å². The van der Waals surface area contributed by atoms with Crippen LogP contribution in [0.15, 0.2) is 46.9 Å². The first-order chi connectivity index (χ1) is 13.0. The van der Waals surface area contributed by atoms with Crippen molar-refractivity contribution in [1.82, 2.24) is 10.2 Å². The number of piperazine rings is 1. The lowest BCUT2D eigenvalue weighted by molar-refractivity contribution is 0.0951. The van der Waals surface area contributed by atoms with Crippen LogP contribution in [0.4, 0.5) is 5.69 Å². The fourth-order valence-corrected chi connectivity index (χ4v) is 4.09. The zero-order valence-electron chi connectivity index (χ0n) is 15.5. The van der Waals surface area contributed by atoms with Gasteiger partial charge in [-0.05, 0) is 55.8 Å². The standard InChI is InChI=1S/C21H25BrClN3O/c1-16-4-2-5-18(14-16)26-12-10-25(11-13-26)9-3-8-24-21(27)19-7-6-17(22)15-20(19)23/h2,4-7,14-15H,3,8-13H2,1H3,(H,24,27). The van der Waals surface area contributed by atoms with Gasteiger partial charge in [0.2, 0.25) is 0 Å². The lowest BCUT2D eigenvalue weighted by atomic mass is 10.2. The van der Waals surface area contributed by atoms with E-state index in [1.807, 2.05) is 6.07 Å². The highest BCUT2D eigenvalue weighted by atomic mass is 79.9. The van der Waals surface area contributed by atoms with Crippen LogP contribution < -0.4 is 10.2 Å². The highest BCUT2D eigenvalue weighted by Crippen LogP contribution is 2.21. The maximum Gasteiger partial charge on any atom is 0.252 e. The summed E-state index contributed by atoms with van der Waals surface area (Å²) in [6.45, 7) is 7.99. The van der Waals surface area contributed by atoms with Crippen molar-refractivity contribution in [2.45, 2.75) is 13.3 Å². The van der Waals surface area contributed by atoms with Crippen molar-refractivity contribution in [3.63, 3.8) is 0 Å². The zero-order chi connectivity index (χ0) is 19.2. The first kappa shape index (κ1) is 20.2. The molecule has 6 heteroatoms. The number of halogens is 2. The average molecular weight is 451 g/mol. The quantitative estimate of drug-likeness (QED) is 0.665. The molecule has 0 bridgehead atoms. The van der Waals surface area contributed by atoms with Crippen molar-refractivity contribution in [3.8, 4) is 0 Å². The van der Waals surface area contributed by atoms with E-state index >= 15 is 0 Å². The maximum atomic E-state index is 12.2. The molecule has 2 aromatic rings. The molecule has 1 heterocycles. The molecule has 1 N–H and O–H groups in total. The van der Waals surface area contributed by atoms with Crippen LogP contribution >= 0.6 is 27.5 Å². The topological polar surface area (TPSA) is 35.6 Å². The van der Waals surface area contributed by atoms with Crippen LogP contribution in [0.5, 0.6) is 0 Å². The van der Waals surface area contributed by atoms with E-state index in [-0.39, 0.29) is 5.91 Å². The molecule has 0 radical (unpaired) electrons. The Morgan fingerprint density at radius 1 is 1.15 bits per heavy atom. The van der Waals surface area contributed by atoms with Gasteiger partial charge in [0.05, 0.1) is 10.6 Å². The van der Waals surface area contributed by atoms with Crippen LogP contribution in [0.2, 0.25) is 5.02 Å². The fraction of sp³-hybridized carbons (Fsp3) is 0.381.